The van der Waals surface area contributed by atoms with Gasteiger partial charge < -0.3 is 14.2 Å². The number of carbonyl (C=O) groups excluding carboxylic acids is 1. The molecule has 0 aliphatic carbocycles. The Hall–Kier alpha value is -2.32. The van der Waals surface area contributed by atoms with Crippen molar-refractivity contribution < 1.29 is 17.9 Å². The quantitative estimate of drug-likeness (QED) is 0.697. The van der Waals surface area contributed by atoms with Crippen molar-refractivity contribution in [3.63, 3.8) is 0 Å². The fourth-order valence-corrected chi connectivity index (χ4v) is 5.59. The first-order valence-corrected chi connectivity index (χ1v) is 11.3. The molecule has 1 aromatic heterocycles. The van der Waals surface area contributed by atoms with E-state index in [0.29, 0.717) is 25.3 Å². The standard InChI is InChI=1S/C21H29N3O4S/c1-6-28-21(25)19-13-20(17(4)22(19)5)29(26,27)23-10-11-24(16(3)14-23)18-9-7-8-15(2)12-18/h7-9,12-13,16H,6,10-11,14H2,1-5H3/t16-/m0/s1. The van der Waals surface area contributed by atoms with Crippen LogP contribution in [-0.4, -0.2) is 55.5 Å². The van der Waals surface area contributed by atoms with Crippen LogP contribution < -0.4 is 4.90 Å². The van der Waals surface area contributed by atoms with E-state index in [0.717, 1.165) is 5.69 Å². The third kappa shape index (κ3) is 4.04. The Labute approximate surface area is 172 Å². The highest BCUT2D eigenvalue weighted by Gasteiger charge is 2.35. The van der Waals surface area contributed by atoms with E-state index in [-0.39, 0.29) is 23.2 Å². The molecule has 29 heavy (non-hydrogen) atoms. The Morgan fingerprint density at radius 3 is 2.55 bits per heavy atom. The average Bonchev–Trinajstić information content (AvgIpc) is 2.97. The highest BCUT2D eigenvalue weighted by molar-refractivity contribution is 7.89. The van der Waals surface area contributed by atoms with Gasteiger partial charge in [-0.05, 0) is 51.5 Å². The van der Waals surface area contributed by atoms with Crippen molar-refractivity contribution in [3.8, 4) is 0 Å². The number of aryl methyl sites for hydroxylation is 1. The minimum atomic E-state index is -3.71. The molecule has 0 spiro atoms. The van der Waals surface area contributed by atoms with E-state index in [1.54, 1.807) is 25.5 Å². The van der Waals surface area contributed by atoms with Crippen LogP contribution in [-0.2, 0) is 21.8 Å². The summed E-state index contributed by atoms with van der Waals surface area (Å²) < 4.78 is 34.8. The number of piperazine rings is 1. The SMILES string of the molecule is CCOC(=O)c1cc(S(=O)(=O)N2CCN(c3cccc(C)c3)[C@@H](C)C2)c(C)n1C. The minimum absolute atomic E-state index is 0.0360. The molecule has 0 bridgehead atoms. The molecule has 158 valence electrons. The molecule has 1 atom stereocenters. The van der Waals surface area contributed by atoms with Crippen LogP contribution >= 0.6 is 0 Å². The lowest BCUT2D eigenvalue weighted by Crippen LogP contribution is -2.53. The van der Waals surface area contributed by atoms with Crippen molar-refractivity contribution in [1.29, 1.82) is 0 Å². The van der Waals surface area contributed by atoms with Crippen LogP contribution in [0.1, 0.15) is 35.6 Å². The van der Waals surface area contributed by atoms with Crippen molar-refractivity contribution in [2.45, 2.75) is 38.6 Å². The van der Waals surface area contributed by atoms with E-state index in [1.165, 1.54) is 15.9 Å². The molecule has 2 heterocycles. The third-order valence-electron chi connectivity index (χ3n) is 5.51. The average molecular weight is 420 g/mol. The lowest BCUT2D eigenvalue weighted by atomic mass is 10.1. The largest absolute Gasteiger partial charge is 0.461 e. The van der Waals surface area contributed by atoms with Gasteiger partial charge in [0.1, 0.15) is 10.6 Å². The summed E-state index contributed by atoms with van der Waals surface area (Å²) in [6.45, 7) is 9.15. The number of ether oxygens (including phenoxy) is 1. The first kappa shape index (κ1) is 21.4. The number of anilines is 1. The van der Waals surface area contributed by atoms with Crippen LogP contribution in [0.25, 0.3) is 0 Å². The van der Waals surface area contributed by atoms with Gasteiger partial charge in [-0.25, -0.2) is 13.2 Å². The first-order valence-electron chi connectivity index (χ1n) is 9.83. The van der Waals surface area contributed by atoms with Crippen molar-refractivity contribution >= 4 is 21.7 Å². The first-order chi connectivity index (χ1) is 13.7. The molecule has 0 N–H and O–H groups in total. The predicted octanol–water partition coefficient (Wildman–Crippen LogP) is 2.72. The van der Waals surface area contributed by atoms with E-state index in [9.17, 15) is 13.2 Å². The molecule has 2 aromatic rings. The van der Waals surface area contributed by atoms with E-state index < -0.39 is 16.0 Å². The Kier molecular flexibility index (Phi) is 6.05. The molecule has 1 fully saturated rings. The number of aromatic nitrogens is 1. The number of nitrogens with zero attached hydrogens (tertiary/aromatic N) is 3. The molecule has 1 aliphatic heterocycles. The van der Waals surface area contributed by atoms with Gasteiger partial charge in [0.05, 0.1) is 6.61 Å². The van der Waals surface area contributed by atoms with E-state index in [2.05, 4.69) is 17.0 Å². The summed E-state index contributed by atoms with van der Waals surface area (Å²) >= 11 is 0. The fourth-order valence-electron chi connectivity index (χ4n) is 3.81. The second kappa shape index (κ2) is 8.20. The van der Waals surface area contributed by atoms with Gasteiger partial charge in [0.15, 0.2) is 0 Å². The number of benzene rings is 1. The Morgan fingerprint density at radius 1 is 1.21 bits per heavy atom. The molecule has 0 radical (unpaired) electrons. The Bertz CT molecular complexity index is 1010. The van der Waals surface area contributed by atoms with Crippen molar-refractivity contribution in [2.75, 3.05) is 31.1 Å². The van der Waals surface area contributed by atoms with E-state index in [1.807, 2.05) is 26.0 Å². The summed E-state index contributed by atoms with van der Waals surface area (Å²) in [5, 5.41) is 0. The Morgan fingerprint density at radius 2 is 1.93 bits per heavy atom. The summed E-state index contributed by atoms with van der Waals surface area (Å²) in [6.07, 6.45) is 0. The second-order valence-corrected chi connectivity index (χ2v) is 9.41. The lowest BCUT2D eigenvalue weighted by Gasteiger charge is -2.40. The molecule has 7 nitrogen and oxygen atoms in total. The summed E-state index contributed by atoms with van der Waals surface area (Å²) in [6, 6.07) is 9.71. The molecule has 0 saturated carbocycles. The highest BCUT2D eigenvalue weighted by Crippen LogP contribution is 2.28. The number of hydrogen-bond acceptors (Lipinski definition) is 5. The van der Waals surface area contributed by atoms with Crippen molar-refractivity contribution in [1.82, 2.24) is 8.87 Å². The molecule has 1 aromatic carbocycles. The van der Waals surface area contributed by atoms with Crippen molar-refractivity contribution in [3.05, 3.63) is 47.3 Å². The molecule has 1 saturated heterocycles. The van der Waals surface area contributed by atoms with E-state index in [4.69, 9.17) is 4.74 Å². The molecule has 8 heteroatoms. The number of hydrogen-bond donors (Lipinski definition) is 0. The molecule has 1 aliphatic rings. The van der Waals surface area contributed by atoms with Crippen LogP contribution in [0.15, 0.2) is 35.2 Å². The molecular weight excluding hydrogens is 390 g/mol. The summed E-state index contributed by atoms with van der Waals surface area (Å²) in [7, 11) is -2.03. The van der Waals surface area contributed by atoms with Crippen LogP contribution in [0.5, 0.6) is 0 Å². The molecule has 0 amide bonds. The molecule has 3 rings (SSSR count). The van der Waals surface area contributed by atoms with Crippen LogP contribution in [0.3, 0.4) is 0 Å². The normalized spacial score (nSPS) is 18.1. The number of esters is 1. The zero-order valence-electron chi connectivity index (χ0n) is 17.7. The second-order valence-electron chi connectivity index (χ2n) is 7.50. The smallest absolute Gasteiger partial charge is 0.354 e. The fraction of sp³-hybridized carbons (Fsp3) is 0.476. The van der Waals surface area contributed by atoms with Gasteiger partial charge in [-0.1, -0.05) is 12.1 Å². The number of sulfonamides is 1. The van der Waals surface area contributed by atoms with Gasteiger partial charge in [0, 0.05) is 44.1 Å². The highest BCUT2D eigenvalue weighted by atomic mass is 32.2. The molecular formula is C21H29N3O4S. The summed E-state index contributed by atoms with van der Waals surface area (Å²) in [4.78, 5) is 14.6. The van der Waals surface area contributed by atoms with Gasteiger partial charge >= 0.3 is 5.97 Å². The van der Waals surface area contributed by atoms with Crippen molar-refractivity contribution in [2.24, 2.45) is 7.05 Å². The van der Waals surface area contributed by atoms with Gasteiger partial charge in [-0.3, -0.25) is 0 Å². The Balaban J connectivity index is 1.85. The summed E-state index contributed by atoms with van der Waals surface area (Å²) in [5.74, 6) is -0.516. The summed E-state index contributed by atoms with van der Waals surface area (Å²) in [5.41, 5.74) is 3.06. The monoisotopic (exact) mass is 419 g/mol. The van der Waals surface area contributed by atoms with Gasteiger partial charge in [-0.2, -0.15) is 4.31 Å². The maximum Gasteiger partial charge on any atom is 0.354 e. The zero-order chi connectivity index (χ0) is 21.3. The number of rotatable bonds is 5. The van der Waals surface area contributed by atoms with Crippen LogP contribution in [0, 0.1) is 13.8 Å². The zero-order valence-corrected chi connectivity index (χ0v) is 18.5. The lowest BCUT2D eigenvalue weighted by molar-refractivity contribution is 0.0515. The van der Waals surface area contributed by atoms with Crippen LogP contribution in [0.2, 0.25) is 0 Å². The van der Waals surface area contributed by atoms with Gasteiger partial charge in [0.25, 0.3) is 0 Å². The van der Waals surface area contributed by atoms with E-state index >= 15 is 0 Å². The third-order valence-corrected chi connectivity index (χ3v) is 7.50. The molecule has 0 unspecified atom stereocenters. The minimum Gasteiger partial charge on any atom is -0.461 e. The maximum absolute atomic E-state index is 13.3. The topological polar surface area (TPSA) is 71.8 Å². The number of carbonyl (C=O) groups is 1. The van der Waals surface area contributed by atoms with Crippen LogP contribution in [0.4, 0.5) is 5.69 Å². The van der Waals surface area contributed by atoms with Gasteiger partial charge in [-0.15, -0.1) is 0 Å². The van der Waals surface area contributed by atoms with Gasteiger partial charge in [0.2, 0.25) is 10.0 Å². The maximum atomic E-state index is 13.3. The predicted molar refractivity (Wildman–Crippen MR) is 113 cm³/mol.